The highest BCUT2D eigenvalue weighted by atomic mass is 14.6. The Morgan fingerprint density at radius 2 is 0.714 bits per heavy atom. The van der Waals surface area contributed by atoms with Crippen LogP contribution in [0.2, 0.25) is 0 Å². The Morgan fingerprint density at radius 3 is 1.05 bits per heavy atom. The highest BCUT2D eigenvalue weighted by Crippen LogP contribution is 2.66. The van der Waals surface area contributed by atoms with E-state index in [-0.39, 0.29) is 7.43 Å². The molecule has 0 heteroatoms. The van der Waals surface area contributed by atoms with E-state index in [1.807, 2.05) is 41.5 Å². The molecule has 4 rings (SSSR count). The van der Waals surface area contributed by atoms with Gasteiger partial charge in [-0.1, -0.05) is 68.2 Å². The predicted octanol–water partition coefficient (Wildman–Crippen LogP) is 7.57. The van der Waals surface area contributed by atoms with Crippen LogP contribution in [0.4, 0.5) is 0 Å². The fourth-order valence-electron chi connectivity index (χ4n) is 5.98. The Kier molecular flexibility index (Phi) is 10.7. The molecule has 6 atom stereocenters. The average Bonchev–Trinajstić information content (AvgIpc) is 3.25. The highest BCUT2D eigenvalue weighted by Gasteiger charge is 2.58. The molecule has 0 N–H and O–H groups in total. The van der Waals surface area contributed by atoms with Crippen molar-refractivity contribution in [3.8, 4) is 0 Å². The largest absolute Gasteiger partial charge is 0.0776 e. The van der Waals surface area contributed by atoms with Gasteiger partial charge in [-0.3, -0.25) is 0 Å². The van der Waals surface area contributed by atoms with Crippen LogP contribution in [0.3, 0.4) is 0 Å². The first kappa shape index (κ1) is 21.0. The molecule has 21 heavy (non-hydrogen) atoms. The Labute approximate surface area is 136 Å². The molecule has 4 fully saturated rings. The Balaban J connectivity index is 0.000000517. The molecule has 0 aliphatic heterocycles. The standard InChI is InChI=1S/C14H22.3C2H6.CH4/c1-2-5-10-9(4-1)13-8-14(10)12-7-3-6-11(12)13;3*1-2;/h9-14H,1-8H2;3*1-2H3;1H4. The summed E-state index contributed by atoms with van der Waals surface area (Å²) in [5.74, 6) is 7.23. The monoisotopic (exact) mass is 296 g/mol. The van der Waals surface area contributed by atoms with E-state index in [0.717, 1.165) is 0 Å². The second kappa shape index (κ2) is 10.7. The molecule has 0 aromatic carbocycles. The average molecular weight is 297 g/mol. The summed E-state index contributed by atoms with van der Waals surface area (Å²) in [6, 6.07) is 0. The zero-order chi connectivity index (χ0) is 15.1. The topological polar surface area (TPSA) is 0 Å². The maximum atomic E-state index is 2.00. The van der Waals surface area contributed by atoms with Crippen molar-refractivity contribution in [1.29, 1.82) is 0 Å². The summed E-state index contributed by atoms with van der Waals surface area (Å²) in [5, 5.41) is 0. The molecule has 0 aromatic heterocycles. The Hall–Kier alpha value is 0. The minimum atomic E-state index is 0. The number of rotatable bonds is 0. The SMILES string of the molecule is C.C1CCC2C(C1)C1CC2C2CCCC21.CC.CC.CC. The molecule has 4 aliphatic carbocycles. The van der Waals surface area contributed by atoms with Crippen LogP contribution in [-0.2, 0) is 0 Å². The Morgan fingerprint density at radius 1 is 0.429 bits per heavy atom. The van der Waals surface area contributed by atoms with Crippen LogP contribution in [-0.4, -0.2) is 0 Å². The summed E-state index contributed by atoms with van der Waals surface area (Å²) in [5.41, 5.74) is 0. The van der Waals surface area contributed by atoms with E-state index >= 15 is 0 Å². The van der Waals surface area contributed by atoms with Crippen molar-refractivity contribution in [3.63, 3.8) is 0 Å². The summed E-state index contributed by atoms with van der Waals surface area (Å²) in [6.45, 7) is 12.0. The van der Waals surface area contributed by atoms with Gasteiger partial charge in [-0.05, 0) is 67.6 Å². The van der Waals surface area contributed by atoms with E-state index in [4.69, 9.17) is 0 Å². The molecular weight excluding hydrogens is 252 g/mol. The lowest BCUT2D eigenvalue weighted by Crippen LogP contribution is -2.34. The van der Waals surface area contributed by atoms with Gasteiger partial charge in [0.05, 0.1) is 0 Å². The van der Waals surface area contributed by atoms with Crippen molar-refractivity contribution in [2.75, 3.05) is 0 Å². The van der Waals surface area contributed by atoms with Crippen molar-refractivity contribution >= 4 is 0 Å². The van der Waals surface area contributed by atoms with Crippen LogP contribution in [0.15, 0.2) is 0 Å². The van der Waals surface area contributed by atoms with Gasteiger partial charge in [0.2, 0.25) is 0 Å². The third-order valence-electron chi connectivity index (χ3n) is 6.24. The lowest BCUT2D eigenvalue weighted by molar-refractivity contribution is 0.0801. The molecule has 0 aromatic rings. The lowest BCUT2D eigenvalue weighted by atomic mass is 9.64. The smallest absolute Gasteiger partial charge is 0.0349 e. The summed E-state index contributed by atoms with van der Waals surface area (Å²) >= 11 is 0. The van der Waals surface area contributed by atoms with Gasteiger partial charge in [-0.25, -0.2) is 0 Å². The third kappa shape index (κ3) is 3.85. The van der Waals surface area contributed by atoms with Gasteiger partial charge in [0, 0.05) is 0 Å². The fourth-order valence-corrected chi connectivity index (χ4v) is 5.98. The van der Waals surface area contributed by atoms with E-state index < -0.39 is 0 Å². The molecule has 128 valence electrons. The molecule has 0 heterocycles. The Bertz CT molecular complexity index is 220. The summed E-state index contributed by atoms with van der Waals surface area (Å²) < 4.78 is 0. The molecular formula is C21H44. The van der Waals surface area contributed by atoms with Gasteiger partial charge < -0.3 is 0 Å². The van der Waals surface area contributed by atoms with Crippen molar-refractivity contribution in [3.05, 3.63) is 0 Å². The lowest BCUT2D eigenvalue weighted by Gasteiger charge is -2.41. The minimum Gasteiger partial charge on any atom is -0.0776 e. The number of hydrogen-bond donors (Lipinski definition) is 0. The zero-order valence-electron chi connectivity index (χ0n) is 15.1. The number of fused-ring (bicyclic) bond motifs is 8. The first-order valence-electron chi connectivity index (χ1n) is 9.95. The third-order valence-corrected chi connectivity index (χ3v) is 6.24. The van der Waals surface area contributed by atoms with Crippen LogP contribution in [0.1, 0.15) is 100 Å². The maximum absolute atomic E-state index is 2.00. The molecule has 0 radical (unpaired) electrons. The van der Waals surface area contributed by atoms with Gasteiger partial charge in [0.15, 0.2) is 0 Å². The zero-order valence-corrected chi connectivity index (χ0v) is 15.1. The van der Waals surface area contributed by atoms with Crippen LogP contribution in [0.5, 0.6) is 0 Å². The maximum Gasteiger partial charge on any atom is -0.0349 e. The van der Waals surface area contributed by atoms with Crippen LogP contribution in [0, 0.1) is 35.5 Å². The predicted molar refractivity (Wildman–Crippen MR) is 98.7 cm³/mol. The van der Waals surface area contributed by atoms with Crippen LogP contribution < -0.4 is 0 Å². The molecule has 0 spiro atoms. The second-order valence-electron chi connectivity index (χ2n) is 6.43. The fraction of sp³-hybridized carbons (Fsp3) is 1.00. The van der Waals surface area contributed by atoms with E-state index in [9.17, 15) is 0 Å². The van der Waals surface area contributed by atoms with Gasteiger partial charge in [0.25, 0.3) is 0 Å². The molecule has 4 aliphatic rings. The molecule has 6 unspecified atom stereocenters. The number of hydrogen-bond acceptors (Lipinski definition) is 0. The van der Waals surface area contributed by atoms with E-state index in [0.29, 0.717) is 0 Å². The molecule has 0 amide bonds. The van der Waals surface area contributed by atoms with Crippen molar-refractivity contribution < 1.29 is 0 Å². The van der Waals surface area contributed by atoms with E-state index in [2.05, 4.69) is 0 Å². The molecule has 0 nitrogen and oxygen atoms in total. The summed E-state index contributed by atoms with van der Waals surface area (Å²) in [4.78, 5) is 0. The quantitative estimate of drug-likeness (QED) is 0.432. The highest BCUT2D eigenvalue weighted by molar-refractivity contribution is 5.07. The van der Waals surface area contributed by atoms with E-state index in [1.165, 1.54) is 35.5 Å². The van der Waals surface area contributed by atoms with Gasteiger partial charge in [-0.2, -0.15) is 0 Å². The minimum absolute atomic E-state index is 0. The van der Waals surface area contributed by atoms with E-state index in [1.54, 1.807) is 51.4 Å². The second-order valence-corrected chi connectivity index (χ2v) is 6.43. The summed E-state index contributed by atoms with van der Waals surface area (Å²) in [7, 11) is 0. The van der Waals surface area contributed by atoms with Crippen LogP contribution >= 0.6 is 0 Å². The van der Waals surface area contributed by atoms with Crippen molar-refractivity contribution in [2.45, 2.75) is 100 Å². The first-order valence-corrected chi connectivity index (χ1v) is 9.95. The van der Waals surface area contributed by atoms with Crippen molar-refractivity contribution in [2.24, 2.45) is 35.5 Å². The molecule has 4 saturated carbocycles. The van der Waals surface area contributed by atoms with Gasteiger partial charge in [-0.15, -0.1) is 0 Å². The normalized spacial score (nSPS) is 40.9. The van der Waals surface area contributed by atoms with Crippen molar-refractivity contribution in [1.82, 2.24) is 0 Å². The summed E-state index contributed by atoms with van der Waals surface area (Å²) in [6.07, 6.45) is 12.8. The van der Waals surface area contributed by atoms with Gasteiger partial charge in [0.1, 0.15) is 0 Å². The first-order chi connectivity index (χ1) is 9.95. The molecule has 0 saturated heterocycles. The molecule has 2 bridgehead atoms. The van der Waals surface area contributed by atoms with Crippen LogP contribution in [0.25, 0.3) is 0 Å². The van der Waals surface area contributed by atoms with Gasteiger partial charge >= 0.3 is 0 Å².